The van der Waals surface area contributed by atoms with Crippen LogP contribution in [-0.2, 0) is 4.79 Å². The minimum atomic E-state index is -0.0449. The molecule has 1 aromatic rings. The van der Waals surface area contributed by atoms with Gasteiger partial charge in [0, 0.05) is 22.2 Å². The maximum Gasteiger partial charge on any atom is 0.228 e. The van der Waals surface area contributed by atoms with Crippen LogP contribution in [0.5, 0.6) is 0 Å². The summed E-state index contributed by atoms with van der Waals surface area (Å²) in [6.45, 7) is 2.68. The molecule has 0 N–H and O–H groups in total. The van der Waals surface area contributed by atoms with Crippen LogP contribution in [0.25, 0.3) is 0 Å². The summed E-state index contributed by atoms with van der Waals surface area (Å²) in [7, 11) is 0. The van der Waals surface area contributed by atoms with Crippen LogP contribution in [0.2, 0.25) is 0 Å². The Kier molecular flexibility index (Phi) is 3.21. The molecule has 1 unspecified atom stereocenters. The third kappa shape index (κ3) is 2.28. The van der Waals surface area contributed by atoms with E-state index >= 15 is 0 Å². The lowest BCUT2D eigenvalue weighted by Gasteiger charge is -2.16. The predicted molar refractivity (Wildman–Crippen MR) is 70.5 cm³/mol. The molecule has 1 atom stereocenters. The Balaban J connectivity index is 2.30. The molecular weight excluding hydrogens is 324 g/mol. The minimum Gasteiger partial charge on any atom is -0.311 e. The number of alkyl halides is 1. The Morgan fingerprint density at radius 1 is 1.53 bits per heavy atom. The van der Waals surface area contributed by atoms with Crippen LogP contribution in [0.15, 0.2) is 18.2 Å². The first-order chi connectivity index (χ1) is 7.08. The quantitative estimate of drug-likeness (QED) is 0.571. The van der Waals surface area contributed by atoms with Crippen LogP contribution >= 0.6 is 34.2 Å². The summed E-state index contributed by atoms with van der Waals surface area (Å²) in [4.78, 5) is 13.4. The molecule has 2 nitrogen and oxygen atoms in total. The van der Waals surface area contributed by atoms with Gasteiger partial charge in [-0.2, -0.15) is 0 Å². The fraction of sp³-hybridized carbons (Fsp3) is 0.364. The zero-order valence-corrected chi connectivity index (χ0v) is 11.2. The smallest absolute Gasteiger partial charge is 0.228 e. The molecule has 1 saturated heterocycles. The molecule has 1 amide bonds. The van der Waals surface area contributed by atoms with Crippen LogP contribution in [-0.4, -0.2) is 17.8 Å². The lowest BCUT2D eigenvalue weighted by molar-refractivity contribution is -0.117. The van der Waals surface area contributed by atoms with Gasteiger partial charge in [0.25, 0.3) is 0 Å². The van der Waals surface area contributed by atoms with Gasteiger partial charge in [0.2, 0.25) is 5.91 Å². The van der Waals surface area contributed by atoms with Gasteiger partial charge in [-0.3, -0.25) is 4.79 Å². The SMILES string of the molecule is Cc1ccc(N2CC(Cl)CC2=O)cc1I. The van der Waals surface area contributed by atoms with Crippen molar-refractivity contribution in [2.45, 2.75) is 18.7 Å². The average Bonchev–Trinajstić information content (AvgIpc) is 2.50. The number of benzene rings is 1. The largest absolute Gasteiger partial charge is 0.311 e. The molecule has 2 rings (SSSR count). The number of nitrogens with zero attached hydrogens (tertiary/aromatic N) is 1. The van der Waals surface area contributed by atoms with Crippen molar-refractivity contribution >= 4 is 45.8 Å². The summed E-state index contributed by atoms with van der Waals surface area (Å²) >= 11 is 8.24. The van der Waals surface area contributed by atoms with Crippen molar-refractivity contribution in [2.75, 3.05) is 11.4 Å². The van der Waals surface area contributed by atoms with Crippen molar-refractivity contribution in [1.82, 2.24) is 0 Å². The van der Waals surface area contributed by atoms with Crippen molar-refractivity contribution in [3.63, 3.8) is 0 Å². The maximum absolute atomic E-state index is 11.6. The fourth-order valence-electron chi connectivity index (χ4n) is 1.66. The summed E-state index contributed by atoms with van der Waals surface area (Å²) in [6, 6.07) is 6.04. The molecule has 0 radical (unpaired) electrons. The van der Waals surface area contributed by atoms with Gasteiger partial charge in [-0.05, 0) is 47.2 Å². The van der Waals surface area contributed by atoms with Crippen molar-refractivity contribution in [3.8, 4) is 0 Å². The molecule has 15 heavy (non-hydrogen) atoms. The van der Waals surface area contributed by atoms with Gasteiger partial charge >= 0.3 is 0 Å². The molecule has 80 valence electrons. The summed E-state index contributed by atoms with van der Waals surface area (Å²) in [5.41, 5.74) is 2.19. The van der Waals surface area contributed by atoms with Gasteiger partial charge in [-0.15, -0.1) is 11.6 Å². The van der Waals surface area contributed by atoms with Crippen LogP contribution in [0.4, 0.5) is 5.69 Å². The van der Waals surface area contributed by atoms with E-state index in [2.05, 4.69) is 29.5 Å². The van der Waals surface area contributed by atoms with Gasteiger partial charge in [-0.1, -0.05) is 6.07 Å². The molecule has 0 bridgehead atoms. The summed E-state index contributed by atoms with van der Waals surface area (Å²) < 4.78 is 1.18. The summed E-state index contributed by atoms with van der Waals surface area (Å²) in [6.07, 6.45) is 0.450. The van der Waals surface area contributed by atoms with E-state index in [9.17, 15) is 4.79 Å². The number of amides is 1. The van der Waals surface area contributed by atoms with E-state index in [1.165, 1.54) is 9.13 Å². The van der Waals surface area contributed by atoms with E-state index in [0.717, 1.165) is 5.69 Å². The second-order valence-corrected chi connectivity index (χ2v) is 5.52. The normalized spacial score (nSPS) is 21.1. The molecule has 1 aliphatic rings. The average molecular weight is 336 g/mol. The first kappa shape index (κ1) is 11.2. The van der Waals surface area contributed by atoms with Gasteiger partial charge in [0.1, 0.15) is 0 Å². The maximum atomic E-state index is 11.6. The molecule has 1 heterocycles. The standard InChI is InChI=1S/C11H11ClINO/c1-7-2-3-9(5-10(7)13)14-6-8(12)4-11(14)15/h2-3,5,8H,4,6H2,1H3. The van der Waals surface area contributed by atoms with Crippen molar-refractivity contribution < 1.29 is 4.79 Å². The number of hydrogen-bond donors (Lipinski definition) is 0. The van der Waals surface area contributed by atoms with E-state index in [4.69, 9.17) is 11.6 Å². The van der Waals surface area contributed by atoms with Crippen LogP contribution in [0.1, 0.15) is 12.0 Å². The topological polar surface area (TPSA) is 20.3 Å². The molecule has 0 spiro atoms. The first-order valence-corrected chi connectivity index (χ1v) is 6.30. The monoisotopic (exact) mass is 335 g/mol. The Labute approximate surface area is 108 Å². The van der Waals surface area contributed by atoms with Crippen LogP contribution in [0.3, 0.4) is 0 Å². The number of rotatable bonds is 1. The highest BCUT2D eigenvalue weighted by Gasteiger charge is 2.29. The third-order valence-electron chi connectivity index (χ3n) is 2.54. The number of aryl methyl sites for hydroxylation is 1. The second-order valence-electron chi connectivity index (χ2n) is 3.74. The number of carbonyl (C=O) groups is 1. The summed E-state index contributed by atoms with van der Waals surface area (Å²) in [5, 5.41) is -0.0449. The fourth-order valence-corrected chi connectivity index (χ4v) is 2.43. The Bertz CT molecular complexity index is 408. The number of hydrogen-bond acceptors (Lipinski definition) is 1. The lowest BCUT2D eigenvalue weighted by atomic mass is 10.2. The van der Waals surface area contributed by atoms with Gasteiger partial charge in [0.05, 0.1) is 5.38 Å². The second kappa shape index (κ2) is 4.29. The molecule has 1 fully saturated rings. The van der Waals surface area contributed by atoms with Gasteiger partial charge in [-0.25, -0.2) is 0 Å². The molecule has 0 aromatic heterocycles. The van der Waals surface area contributed by atoms with Crippen molar-refractivity contribution in [1.29, 1.82) is 0 Å². The van der Waals surface area contributed by atoms with Crippen molar-refractivity contribution in [3.05, 3.63) is 27.3 Å². The van der Waals surface area contributed by atoms with Crippen LogP contribution < -0.4 is 4.90 Å². The molecule has 1 aromatic carbocycles. The van der Waals surface area contributed by atoms with E-state index < -0.39 is 0 Å². The molecule has 0 saturated carbocycles. The lowest BCUT2D eigenvalue weighted by Crippen LogP contribution is -2.24. The van der Waals surface area contributed by atoms with E-state index in [-0.39, 0.29) is 11.3 Å². The van der Waals surface area contributed by atoms with Crippen molar-refractivity contribution in [2.24, 2.45) is 0 Å². The highest BCUT2D eigenvalue weighted by molar-refractivity contribution is 14.1. The Morgan fingerprint density at radius 2 is 2.27 bits per heavy atom. The number of halogens is 2. The molecule has 4 heteroatoms. The molecular formula is C11H11ClINO. The third-order valence-corrected chi connectivity index (χ3v) is 4.00. The Hall–Kier alpha value is -0.290. The van der Waals surface area contributed by atoms with E-state index in [1.807, 2.05) is 18.2 Å². The zero-order chi connectivity index (χ0) is 11.0. The van der Waals surface area contributed by atoms with Gasteiger partial charge < -0.3 is 4.90 Å². The zero-order valence-electron chi connectivity index (χ0n) is 8.34. The Morgan fingerprint density at radius 3 is 2.80 bits per heavy atom. The first-order valence-electron chi connectivity index (χ1n) is 4.78. The molecule has 1 aliphatic heterocycles. The summed E-state index contributed by atoms with van der Waals surface area (Å²) in [5.74, 6) is 0.120. The number of carbonyl (C=O) groups excluding carboxylic acids is 1. The van der Waals surface area contributed by atoms with E-state index in [0.29, 0.717) is 13.0 Å². The predicted octanol–water partition coefficient (Wildman–Crippen LogP) is 2.94. The van der Waals surface area contributed by atoms with E-state index in [1.54, 1.807) is 4.90 Å². The highest BCUT2D eigenvalue weighted by atomic mass is 127. The molecule has 0 aliphatic carbocycles. The van der Waals surface area contributed by atoms with Gasteiger partial charge in [0.15, 0.2) is 0 Å². The number of anilines is 1. The van der Waals surface area contributed by atoms with Crippen LogP contribution in [0, 0.1) is 10.5 Å². The minimum absolute atomic E-state index is 0.0449. The highest BCUT2D eigenvalue weighted by Crippen LogP contribution is 2.26.